The Hall–Kier alpha value is -2.45. The lowest BCUT2D eigenvalue weighted by Gasteiger charge is -2.26. The van der Waals surface area contributed by atoms with Gasteiger partial charge >= 0.3 is 0 Å². The van der Waals surface area contributed by atoms with Gasteiger partial charge in [-0.25, -0.2) is 8.42 Å². The predicted octanol–water partition coefficient (Wildman–Crippen LogP) is 2.31. The van der Waals surface area contributed by atoms with Crippen LogP contribution in [0.2, 0.25) is 5.02 Å². The predicted molar refractivity (Wildman–Crippen MR) is 103 cm³/mol. The van der Waals surface area contributed by atoms with Crippen molar-refractivity contribution in [2.24, 2.45) is 0 Å². The van der Waals surface area contributed by atoms with Crippen LogP contribution in [0.1, 0.15) is 10.4 Å². The lowest BCUT2D eigenvalue weighted by Crippen LogP contribution is -2.40. The molecule has 27 heavy (non-hydrogen) atoms. The Morgan fingerprint density at radius 3 is 2.67 bits per heavy atom. The smallest absolute Gasteiger partial charge is 0.253 e. The van der Waals surface area contributed by atoms with Gasteiger partial charge in [0.15, 0.2) is 11.5 Å². The molecular formula is C18H19ClN2O5S. The van der Waals surface area contributed by atoms with Crippen LogP contribution in [0.15, 0.2) is 42.5 Å². The van der Waals surface area contributed by atoms with Crippen LogP contribution in [-0.2, 0) is 10.0 Å². The molecule has 1 amide bonds. The van der Waals surface area contributed by atoms with Gasteiger partial charge in [-0.3, -0.25) is 9.10 Å². The van der Waals surface area contributed by atoms with E-state index in [-0.39, 0.29) is 23.2 Å². The minimum absolute atomic E-state index is 0.182. The molecule has 1 atom stereocenters. The Morgan fingerprint density at radius 2 is 1.96 bits per heavy atom. The molecule has 0 saturated heterocycles. The maximum Gasteiger partial charge on any atom is 0.253 e. The molecule has 7 nitrogen and oxygen atoms in total. The number of anilines is 1. The first-order chi connectivity index (χ1) is 12.8. The fourth-order valence-electron chi connectivity index (χ4n) is 2.54. The number of rotatable bonds is 5. The van der Waals surface area contributed by atoms with Crippen molar-refractivity contribution in [1.29, 1.82) is 0 Å². The molecule has 1 aliphatic heterocycles. The third-order valence-electron chi connectivity index (χ3n) is 4.11. The Balaban J connectivity index is 1.68. The van der Waals surface area contributed by atoms with Crippen LogP contribution >= 0.6 is 11.6 Å². The quantitative estimate of drug-likeness (QED) is 0.817. The Labute approximate surface area is 162 Å². The number of ether oxygens (including phenoxy) is 2. The second-order valence-electron chi connectivity index (χ2n) is 6.10. The zero-order valence-electron chi connectivity index (χ0n) is 14.8. The Bertz CT molecular complexity index is 964. The molecule has 0 bridgehead atoms. The molecule has 1 N–H and O–H groups in total. The molecule has 1 heterocycles. The van der Waals surface area contributed by atoms with Crippen LogP contribution in [0.25, 0.3) is 0 Å². The number of amides is 1. The van der Waals surface area contributed by atoms with Gasteiger partial charge in [0.2, 0.25) is 10.0 Å². The monoisotopic (exact) mass is 410 g/mol. The molecule has 0 radical (unpaired) electrons. The third-order valence-corrected chi connectivity index (χ3v) is 5.65. The minimum atomic E-state index is -3.45. The number of carbonyl (C=O) groups excluding carboxylic acids is 1. The maximum atomic E-state index is 12.5. The molecule has 0 aliphatic carbocycles. The first kappa shape index (κ1) is 19.3. The molecule has 0 unspecified atom stereocenters. The number of fused-ring (bicyclic) bond motifs is 1. The van der Waals surface area contributed by atoms with Crippen molar-refractivity contribution in [3.8, 4) is 11.5 Å². The van der Waals surface area contributed by atoms with Crippen molar-refractivity contribution < 1.29 is 22.7 Å². The molecule has 0 aromatic heterocycles. The van der Waals surface area contributed by atoms with Crippen molar-refractivity contribution in [3.05, 3.63) is 53.1 Å². The van der Waals surface area contributed by atoms with E-state index in [1.165, 1.54) is 25.2 Å². The zero-order chi connectivity index (χ0) is 19.6. The summed E-state index contributed by atoms with van der Waals surface area (Å²) >= 11 is 6.11. The highest BCUT2D eigenvalue weighted by Gasteiger charge is 2.22. The minimum Gasteiger partial charge on any atom is -0.486 e. The number of hydrogen-bond donors (Lipinski definition) is 1. The van der Waals surface area contributed by atoms with E-state index < -0.39 is 15.9 Å². The molecule has 9 heteroatoms. The van der Waals surface area contributed by atoms with Crippen molar-refractivity contribution >= 4 is 33.2 Å². The lowest BCUT2D eigenvalue weighted by atomic mass is 10.2. The average molecular weight is 411 g/mol. The van der Waals surface area contributed by atoms with Crippen LogP contribution in [-0.4, -0.2) is 46.9 Å². The molecular weight excluding hydrogens is 392 g/mol. The van der Waals surface area contributed by atoms with Gasteiger partial charge in [-0.1, -0.05) is 23.7 Å². The van der Waals surface area contributed by atoms with Gasteiger partial charge < -0.3 is 14.8 Å². The fourth-order valence-corrected chi connectivity index (χ4v) is 3.24. The molecule has 1 aliphatic rings. The van der Waals surface area contributed by atoms with Gasteiger partial charge in [0, 0.05) is 7.05 Å². The second-order valence-corrected chi connectivity index (χ2v) is 8.52. The summed E-state index contributed by atoms with van der Waals surface area (Å²) in [6.45, 7) is 0.525. The highest BCUT2D eigenvalue weighted by Crippen LogP contribution is 2.30. The molecule has 0 saturated carbocycles. The van der Waals surface area contributed by atoms with E-state index in [9.17, 15) is 13.2 Å². The lowest BCUT2D eigenvalue weighted by molar-refractivity contribution is 0.0789. The van der Waals surface area contributed by atoms with Gasteiger partial charge in [-0.05, 0) is 30.3 Å². The first-order valence-corrected chi connectivity index (χ1v) is 10.4. The largest absolute Gasteiger partial charge is 0.486 e. The second kappa shape index (κ2) is 7.66. The molecule has 0 fully saturated rings. The van der Waals surface area contributed by atoms with E-state index in [1.54, 1.807) is 6.07 Å². The van der Waals surface area contributed by atoms with Crippen molar-refractivity contribution in [3.63, 3.8) is 0 Å². The number of nitrogens with zero attached hydrogens (tertiary/aromatic N) is 1. The Morgan fingerprint density at radius 1 is 1.26 bits per heavy atom. The van der Waals surface area contributed by atoms with E-state index in [0.29, 0.717) is 23.8 Å². The molecule has 0 spiro atoms. The van der Waals surface area contributed by atoms with E-state index in [2.05, 4.69) is 5.32 Å². The number of nitrogens with one attached hydrogen (secondary N) is 1. The summed E-state index contributed by atoms with van der Waals surface area (Å²) in [4.78, 5) is 12.5. The van der Waals surface area contributed by atoms with Crippen molar-refractivity contribution in [2.75, 3.05) is 30.8 Å². The van der Waals surface area contributed by atoms with Crippen LogP contribution in [0.5, 0.6) is 11.5 Å². The van der Waals surface area contributed by atoms with Gasteiger partial charge in [-0.15, -0.1) is 0 Å². The molecule has 2 aromatic carbocycles. The zero-order valence-corrected chi connectivity index (χ0v) is 16.4. The number of para-hydroxylation sites is 2. The number of carbonyl (C=O) groups is 1. The van der Waals surface area contributed by atoms with Crippen LogP contribution in [0, 0.1) is 0 Å². The summed E-state index contributed by atoms with van der Waals surface area (Å²) in [5.74, 6) is 0.864. The van der Waals surface area contributed by atoms with Crippen molar-refractivity contribution in [2.45, 2.75) is 6.10 Å². The summed E-state index contributed by atoms with van der Waals surface area (Å²) in [5, 5.41) is 2.98. The summed E-state index contributed by atoms with van der Waals surface area (Å²) in [6, 6.07) is 11.8. The maximum absolute atomic E-state index is 12.5. The Kier molecular flexibility index (Phi) is 5.48. The van der Waals surface area contributed by atoms with Gasteiger partial charge in [0.1, 0.15) is 12.7 Å². The third kappa shape index (κ3) is 4.45. The molecule has 144 valence electrons. The van der Waals surface area contributed by atoms with Crippen molar-refractivity contribution in [1.82, 2.24) is 5.32 Å². The standard InChI is InChI=1S/C18H19ClN2O5S/c1-21(27(2,23)24)12-7-8-15(19)14(9-12)18(22)20-10-13-11-25-16-5-3-4-6-17(16)26-13/h3-9,13H,10-11H2,1-2H3,(H,20,22)/t13-/m1/s1. The average Bonchev–Trinajstić information content (AvgIpc) is 2.65. The fraction of sp³-hybridized carbons (Fsp3) is 0.278. The summed E-state index contributed by atoms with van der Waals surface area (Å²) < 4.78 is 35.9. The van der Waals surface area contributed by atoms with E-state index in [1.807, 2.05) is 18.2 Å². The molecule has 3 rings (SSSR count). The van der Waals surface area contributed by atoms with Gasteiger partial charge in [0.25, 0.3) is 5.91 Å². The number of benzene rings is 2. The summed E-state index contributed by atoms with van der Waals surface area (Å²) in [6.07, 6.45) is 0.740. The topological polar surface area (TPSA) is 84.9 Å². The normalized spacial score (nSPS) is 15.9. The van der Waals surface area contributed by atoms with Crippen LogP contribution in [0.4, 0.5) is 5.69 Å². The highest BCUT2D eigenvalue weighted by molar-refractivity contribution is 7.92. The van der Waals surface area contributed by atoms with E-state index in [4.69, 9.17) is 21.1 Å². The number of hydrogen-bond acceptors (Lipinski definition) is 5. The van der Waals surface area contributed by atoms with E-state index in [0.717, 1.165) is 10.6 Å². The van der Waals surface area contributed by atoms with Gasteiger partial charge in [0.05, 0.1) is 29.1 Å². The highest BCUT2D eigenvalue weighted by atomic mass is 35.5. The number of halogens is 1. The summed E-state index contributed by atoms with van der Waals surface area (Å²) in [5.41, 5.74) is 0.528. The van der Waals surface area contributed by atoms with Gasteiger partial charge in [-0.2, -0.15) is 0 Å². The summed E-state index contributed by atoms with van der Waals surface area (Å²) in [7, 11) is -2.04. The first-order valence-electron chi connectivity index (χ1n) is 8.16. The molecule has 2 aromatic rings. The van der Waals surface area contributed by atoms with Crippen LogP contribution < -0.4 is 19.1 Å². The SMILES string of the molecule is CN(c1ccc(Cl)c(C(=O)NC[C@@H]2COc3ccccc3O2)c1)S(C)(=O)=O. The van der Waals surface area contributed by atoms with Crippen LogP contribution in [0.3, 0.4) is 0 Å². The van der Waals surface area contributed by atoms with E-state index >= 15 is 0 Å². The number of sulfonamides is 1.